The predicted octanol–water partition coefficient (Wildman–Crippen LogP) is 3.08. The number of hydrogen-bond donors (Lipinski definition) is 1. The van der Waals surface area contributed by atoms with E-state index in [9.17, 15) is 0 Å². The maximum Gasteiger partial charge on any atom is 0.0739 e. The zero-order valence-corrected chi connectivity index (χ0v) is 12.6. The predicted molar refractivity (Wildman–Crippen MR) is 72.0 cm³/mol. The number of nitrogens with one attached hydrogen (secondary N) is 1. The van der Waals surface area contributed by atoms with E-state index in [2.05, 4.69) is 47.1 Å². The number of alkyl halides is 1. The number of nitrogens with zero attached hydrogens (tertiary/aromatic N) is 2. The summed E-state index contributed by atoms with van der Waals surface area (Å²) in [5, 5.41) is 7.88. The maximum absolute atomic E-state index is 5.88. The van der Waals surface area contributed by atoms with Crippen LogP contribution in [0.3, 0.4) is 0 Å². The molecule has 16 heavy (non-hydrogen) atoms. The topological polar surface area (TPSA) is 29.9 Å². The highest BCUT2D eigenvalue weighted by Gasteiger charge is 2.18. The summed E-state index contributed by atoms with van der Waals surface area (Å²) in [6.45, 7) is 9.93. The van der Waals surface area contributed by atoms with Gasteiger partial charge in [0, 0.05) is 24.5 Å². The van der Waals surface area contributed by atoms with Crippen LogP contribution in [0, 0.1) is 6.92 Å². The molecule has 1 heterocycles. The van der Waals surface area contributed by atoms with Crippen molar-refractivity contribution >= 4 is 27.5 Å². The standard InChI is InChI=1S/C11H19BrClN3/c1-5-16-9(10(12)8(2)15-16)6-14-11(3,4)7-13/h14H,5-7H2,1-4H3. The molecule has 0 aromatic carbocycles. The van der Waals surface area contributed by atoms with Crippen LogP contribution in [0.15, 0.2) is 4.47 Å². The highest BCUT2D eigenvalue weighted by Crippen LogP contribution is 2.21. The molecule has 0 saturated carbocycles. The van der Waals surface area contributed by atoms with Crippen molar-refractivity contribution in [2.45, 2.75) is 46.3 Å². The Hall–Kier alpha value is -0.0600. The van der Waals surface area contributed by atoms with Gasteiger partial charge < -0.3 is 5.32 Å². The van der Waals surface area contributed by atoms with E-state index >= 15 is 0 Å². The van der Waals surface area contributed by atoms with Gasteiger partial charge in [0.05, 0.1) is 15.9 Å². The number of halogens is 2. The Morgan fingerprint density at radius 3 is 2.62 bits per heavy atom. The SMILES string of the molecule is CCn1nc(C)c(Br)c1CNC(C)(C)CCl. The molecule has 0 amide bonds. The van der Waals surface area contributed by atoms with Crippen LogP contribution in [0.5, 0.6) is 0 Å². The molecule has 0 saturated heterocycles. The molecule has 3 nitrogen and oxygen atoms in total. The Morgan fingerprint density at radius 2 is 2.12 bits per heavy atom. The molecule has 1 N–H and O–H groups in total. The second kappa shape index (κ2) is 5.52. The zero-order valence-electron chi connectivity index (χ0n) is 10.3. The van der Waals surface area contributed by atoms with Gasteiger partial charge in [0.1, 0.15) is 0 Å². The molecule has 0 spiro atoms. The number of hydrogen-bond acceptors (Lipinski definition) is 2. The molecule has 0 bridgehead atoms. The molecule has 1 aromatic heterocycles. The highest BCUT2D eigenvalue weighted by atomic mass is 79.9. The minimum Gasteiger partial charge on any atom is -0.305 e. The minimum atomic E-state index is -0.0578. The lowest BCUT2D eigenvalue weighted by Gasteiger charge is -2.23. The fraction of sp³-hybridized carbons (Fsp3) is 0.727. The van der Waals surface area contributed by atoms with Crippen molar-refractivity contribution in [2.75, 3.05) is 5.88 Å². The van der Waals surface area contributed by atoms with E-state index in [-0.39, 0.29) is 5.54 Å². The summed E-state index contributed by atoms with van der Waals surface area (Å²) in [7, 11) is 0. The zero-order chi connectivity index (χ0) is 12.3. The average molecular weight is 309 g/mol. The van der Waals surface area contributed by atoms with Crippen LogP contribution in [0.25, 0.3) is 0 Å². The van der Waals surface area contributed by atoms with Gasteiger partial charge in [-0.3, -0.25) is 4.68 Å². The van der Waals surface area contributed by atoms with Crippen molar-refractivity contribution in [2.24, 2.45) is 0 Å². The summed E-state index contributed by atoms with van der Waals surface area (Å²) in [5.74, 6) is 0.587. The van der Waals surface area contributed by atoms with Crippen LogP contribution in [-0.4, -0.2) is 21.2 Å². The molecule has 5 heteroatoms. The van der Waals surface area contributed by atoms with Gasteiger partial charge in [-0.2, -0.15) is 5.10 Å². The van der Waals surface area contributed by atoms with Crippen LogP contribution >= 0.6 is 27.5 Å². The summed E-state index contributed by atoms with van der Waals surface area (Å²) in [4.78, 5) is 0. The molecule has 0 radical (unpaired) electrons. The third-order valence-corrected chi connectivity index (χ3v) is 4.22. The molecule has 0 fully saturated rings. The van der Waals surface area contributed by atoms with E-state index in [1.807, 2.05) is 11.6 Å². The van der Waals surface area contributed by atoms with E-state index in [1.165, 1.54) is 5.69 Å². The van der Waals surface area contributed by atoms with Gasteiger partial charge in [0.15, 0.2) is 0 Å². The minimum absolute atomic E-state index is 0.0578. The molecule has 0 unspecified atom stereocenters. The molecule has 92 valence electrons. The van der Waals surface area contributed by atoms with Crippen molar-refractivity contribution in [3.63, 3.8) is 0 Å². The first-order chi connectivity index (χ1) is 7.41. The Morgan fingerprint density at radius 1 is 1.50 bits per heavy atom. The molecule has 0 aliphatic carbocycles. The van der Waals surface area contributed by atoms with Crippen molar-refractivity contribution in [1.82, 2.24) is 15.1 Å². The number of aryl methyl sites for hydroxylation is 2. The van der Waals surface area contributed by atoms with E-state index in [1.54, 1.807) is 0 Å². The van der Waals surface area contributed by atoms with Gasteiger partial charge in [-0.05, 0) is 43.6 Å². The largest absolute Gasteiger partial charge is 0.305 e. The first-order valence-corrected chi connectivity index (χ1v) is 6.76. The Bertz CT molecular complexity index is 360. The van der Waals surface area contributed by atoms with Crippen LogP contribution in [0.4, 0.5) is 0 Å². The van der Waals surface area contributed by atoms with Crippen molar-refractivity contribution in [1.29, 1.82) is 0 Å². The van der Waals surface area contributed by atoms with Crippen molar-refractivity contribution in [3.05, 3.63) is 15.9 Å². The summed E-state index contributed by atoms with van der Waals surface area (Å²) in [6.07, 6.45) is 0. The summed E-state index contributed by atoms with van der Waals surface area (Å²) < 4.78 is 3.10. The fourth-order valence-electron chi connectivity index (χ4n) is 1.41. The Labute approximate surface area is 111 Å². The van der Waals surface area contributed by atoms with E-state index in [0.717, 1.165) is 23.3 Å². The maximum atomic E-state index is 5.88. The molecule has 0 aliphatic heterocycles. The van der Waals surface area contributed by atoms with Gasteiger partial charge in [0.2, 0.25) is 0 Å². The van der Waals surface area contributed by atoms with Gasteiger partial charge in [0.25, 0.3) is 0 Å². The molecule has 1 aromatic rings. The lowest BCUT2D eigenvalue weighted by molar-refractivity contribution is 0.417. The summed E-state index contributed by atoms with van der Waals surface area (Å²) in [5.41, 5.74) is 2.15. The monoisotopic (exact) mass is 307 g/mol. The lowest BCUT2D eigenvalue weighted by atomic mass is 10.1. The quantitative estimate of drug-likeness (QED) is 0.847. The highest BCUT2D eigenvalue weighted by molar-refractivity contribution is 9.10. The number of aromatic nitrogens is 2. The second-order valence-electron chi connectivity index (χ2n) is 4.53. The van der Waals surface area contributed by atoms with E-state index in [4.69, 9.17) is 11.6 Å². The van der Waals surface area contributed by atoms with Crippen LogP contribution in [0.1, 0.15) is 32.2 Å². The van der Waals surface area contributed by atoms with Crippen molar-refractivity contribution < 1.29 is 0 Å². The Balaban J connectivity index is 2.81. The molecule has 0 aliphatic rings. The second-order valence-corrected chi connectivity index (χ2v) is 5.59. The average Bonchev–Trinajstić information content (AvgIpc) is 2.52. The van der Waals surface area contributed by atoms with Crippen LogP contribution < -0.4 is 5.32 Å². The van der Waals surface area contributed by atoms with Gasteiger partial charge >= 0.3 is 0 Å². The van der Waals surface area contributed by atoms with Crippen LogP contribution in [0.2, 0.25) is 0 Å². The smallest absolute Gasteiger partial charge is 0.0739 e. The van der Waals surface area contributed by atoms with Gasteiger partial charge in [-0.1, -0.05) is 0 Å². The lowest BCUT2D eigenvalue weighted by Crippen LogP contribution is -2.40. The normalized spacial score (nSPS) is 12.1. The molecule has 0 atom stereocenters. The summed E-state index contributed by atoms with van der Waals surface area (Å²) in [6, 6.07) is 0. The van der Waals surface area contributed by atoms with E-state index in [0.29, 0.717) is 5.88 Å². The first-order valence-electron chi connectivity index (χ1n) is 5.44. The Kier molecular flexibility index (Phi) is 4.83. The molecular weight excluding hydrogens is 289 g/mol. The molecular formula is C11H19BrClN3. The summed E-state index contributed by atoms with van der Waals surface area (Å²) >= 11 is 9.46. The van der Waals surface area contributed by atoms with E-state index < -0.39 is 0 Å². The van der Waals surface area contributed by atoms with Gasteiger partial charge in [-0.15, -0.1) is 11.6 Å². The first kappa shape index (κ1) is 14.0. The third kappa shape index (κ3) is 3.22. The third-order valence-electron chi connectivity index (χ3n) is 2.52. The molecule has 1 rings (SSSR count). The van der Waals surface area contributed by atoms with Crippen LogP contribution in [-0.2, 0) is 13.1 Å². The number of rotatable bonds is 5. The van der Waals surface area contributed by atoms with Crippen molar-refractivity contribution in [3.8, 4) is 0 Å². The fourth-order valence-corrected chi connectivity index (χ4v) is 1.93. The van der Waals surface area contributed by atoms with Gasteiger partial charge in [-0.25, -0.2) is 0 Å².